The van der Waals surface area contributed by atoms with Gasteiger partial charge >= 0.3 is 5.97 Å². The Bertz CT molecular complexity index is 815. The third kappa shape index (κ3) is 3.36. The van der Waals surface area contributed by atoms with Crippen LogP contribution in [0.5, 0.6) is 0 Å². The number of carboxylic acid groups (broad SMARTS) is 1. The lowest BCUT2D eigenvalue weighted by Gasteiger charge is -2.22. The number of benzene rings is 1. The standard InChI is InChI=1S/C20H23N3O3/c24-19(22-15-4-2-1-3-5-15)17-12-21-23(18(17)13-6-7-13)16-10-8-14(9-11-16)20(25)26/h8-13,15H,1-7H2,(H,22,24)(H,25,26). The van der Waals surface area contributed by atoms with Gasteiger partial charge in [0.05, 0.1) is 28.7 Å². The molecule has 1 aromatic carbocycles. The van der Waals surface area contributed by atoms with Crippen LogP contribution < -0.4 is 5.32 Å². The van der Waals surface area contributed by atoms with E-state index in [-0.39, 0.29) is 17.5 Å². The third-order valence-electron chi connectivity index (χ3n) is 5.31. The average Bonchev–Trinajstić information content (AvgIpc) is 3.40. The summed E-state index contributed by atoms with van der Waals surface area (Å²) in [5, 5.41) is 16.7. The minimum absolute atomic E-state index is 0.0350. The lowest BCUT2D eigenvalue weighted by Crippen LogP contribution is -2.36. The molecule has 2 aromatic rings. The summed E-state index contributed by atoms with van der Waals surface area (Å²) < 4.78 is 1.79. The topological polar surface area (TPSA) is 84.2 Å². The molecule has 2 aliphatic rings. The lowest BCUT2D eigenvalue weighted by atomic mass is 9.95. The van der Waals surface area contributed by atoms with Crippen molar-refractivity contribution in [2.75, 3.05) is 0 Å². The fourth-order valence-corrected chi connectivity index (χ4v) is 3.74. The summed E-state index contributed by atoms with van der Waals surface area (Å²) >= 11 is 0. The van der Waals surface area contributed by atoms with Crippen LogP contribution in [0.3, 0.4) is 0 Å². The number of aromatic carboxylic acids is 1. The number of amides is 1. The van der Waals surface area contributed by atoms with E-state index >= 15 is 0 Å². The van der Waals surface area contributed by atoms with Crippen molar-refractivity contribution in [2.45, 2.75) is 56.9 Å². The van der Waals surface area contributed by atoms with E-state index in [2.05, 4.69) is 10.4 Å². The van der Waals surface area contributed by atoms with Crippen molar-refractivity contribution in [3.8, 4) is 5.69 Å². The zero-order valence-corrected chi connectivity index (χ0v) is 14.6. The second-order valence-electron chi connectivity index (χ2n) is 7.29. The fraction of sp³-hybridized carbons (Fsp3) is 0.450. The van der Waals surface area contributed by atoms with Gasteiger partial charge in [-0.25, -0.2) is 9.48 Å². The molecule has 0 aliphatic heterocycles. The molecule has 26 heavy (non-hydrogen) atoms. The normalized spacial score (nSPS) is 17.8. The Morgan fingerprint density at radius 3 is 2.35 bits per heavy atom. The highest BCUT2D eigenvalue weighted by atomic mass is 16.4. The molecule has 0 radical (unpaired) electrons. The average molecular weight is 353 g/mol. The van der Waals surface area contributed by atoms with Gasteiger partial charge in [0.15, 0.2) is 0 Å². The molecule has 2 saturated carbocycles. The van der Waals surface area contributed by atoms with Gasteiger partial charge in [0.2, 0.25) is 0 Å². The molecule has 0 saturated heterocycles. The number of hydrogen-bond donors (Lipinski definition) is 2. The van der Waals surface area contributed by atoms with E-state index in [4.69, 9.17) is 5.11 Å². The number of aromatic nitrogens is 2. The number of carbonyl (C=O) groups is 2. The fourth-order valence-electron chi connectivity index (χ4n) is 3.74. The molecule has 2 fully saturated rings. The first-order chi connectivity index (χ1) is 12.6. The van der Waals surface area contributed by atoms with E-state index in [0.29, 0.717) is 11.5 Å². The van der Waals surface area contributed by atoms with Crippen molar-refractivity contribution in [3.63, 3.8) is 0 Å². The highest BCUT2D eigenvalue weighted by molar-refractivity contribution is 5.95. The van der Waals surface area contributed by atoms with E-state index < -0.39 is 5.97 Å². The Hall–Kier alpha value is -2.63. The van der Waals surface area contributed by atoms with Gasteiger partial charge in [-0.15, -0.1) is 0 Å². The van der Waals surface area contributed by atoms with Crippen LogP contribution in [0.4, 0.5) is 0 Å². The molecule has 0 atom stereocenters. The molecule has 136 valence electrons. The largest absolute Gasteiger partial charge is 0.478 e. The number of nitrogens with one attached hydrogen (secondary N) is 1. The summed E-state index contributed by atoms with van der Waals surface area (Å²) in [6, 6.07) is 6.88. The van der Waals surface area contributed by atoms with Crippen LogP contribution >= 0.6 is 0 Å². The molecule has 6 heteroatoms. The van der Waals surface area contributed by atoms with Gasteiger partial charge in [-0.2, -0.15) is 5.10 Å². The van der Waals surface area contributed by atoms with Crippen molar-refractivity contribution in [1.82, 2.24) is 15.1 Å². The lowest BCUT2D eigenvalue weighted by molar-refractivity contribution is 0.0696. The molecule has 1 heterocycles. The molecule has 4 rings (SSSR count). The molecule has 0 unspecified atom stereocenters. The van der Waals surface area contributed by atoms with Crippen LogP contribution in [0.1, 0.15) is 77.3 Å². The molecule has 2 aliphatic carbocycles. The number of nitrogens with zero attached hydrogens (tertiary/aromatic N) is 2. The summed E-state index contributed by atoms with van der Waals surface area (Å²) in [4.78, 5) is 23.9. The van der Waals surface area contributed by atoms with E-state index in [1.54, 1.807) is 35.1 Å². The Morgan fingerprint density at radius 1 is 1.04 bits per heavy atom. The first-order valence-corrected chi connectivity index (χ1v) is 9.36. The second kappa shape index (κ2) is 6.94. The van der Waals surface area contributed by atoms with Crippen molar-refractivity contribution in [1.29, 1.82) is 0 Å². The van der Waals surface area contributed by atoms with Gasteiger partial charge in [-0.1, -0.05) is 19.3 Å². The molecular weight excluding hydrogens is 330 g/mol. The van der Waals surface area contributed by atoms with Crippen molar-refractivity contribution < 1.29 is 14.7 Å². The Labute approximate surface area is 152 Å². The quantitative estimate of drug-likeness (QED) is 0.861. The molecule has 0 bridgehead atoms. The van der Waals surface area contributed by atoms with E-state index in [1.165, 1.54) is 19.3 Å². The van der Waals surface area contributed by atoms with E-state index in [9.17, 15) is 9.59 Å². The minimum atomic E-state index is -0.952. The molecule has 1 aromatic heterocycles. The number of rotatable bonds is 5. The van der Waals surface area contributed by atoms with Gasteiger partial charge in [0.25, 0.3) is 5.91 Å². The number of hydrogen-bond acceptors (Lipinski definition) is 3. The van der Waals surface area contributed by atoms with Gasteiger partial charge < -0.3 is 10.4 Å². The highest BCUT2D eigenvalue weighted by Crippen LogP contribution is 2.42. The maximum atomic E-state index is 12.8. The van der Waals surface area contributed by atoms with Crippen LogP contribution in [0, 0.1) is 0 Å². The Kier molecular flexibility index (Phi) is 4.49. The highest BCUT2D eigenvalue weighted by Gasteiger charge is 2.33. The van der Waals surface area contributed by atoms with E-state index in [1.807, 2.05) is 0 Å². The maximum Gasteiger partial charge on any atom is 0.335 e. The van der Waals surface area contributed by atoms with Crippen LogP contribution in [-0.2, 0) is 0 Å². The van der Waals surface area contributed by atoms with Crippen LogP contribution in [0.25, 0.3) is 5.69 Å². The third-order valence-corrected chi connectivity index (χ3v) is 5.31. The SMILES string of the molecule is O=C(O)c1ccc(-n2ncc(C(=O)NC3CCCCC3)c2C2CC2)cc1. The van der Waals surface area contributed by atoms with Crippen molar-refractivity contribution in [2.24, 2.45) is 0 Å². The van der Waals surface area contributed by atoms with Crippen molar-refractivity contribution in [3.05, 3.63) is 47.3 Å². The molecule has 0 spiro atoms. The van der Waals surface area contributed by atoms with Crippen molar-refractivity contribution >= 4 is 11.9 Å². The maximum absolute atomic E-state index is 12.8. The number of carboxylic acids is 1. The molecule has 2 N–H and O–H groups in total. The summed E-state index contributed by atoms with van der Waals surface area (Å²) in [6.45, 7) is 0. The predicted molar refractivity (Wildman–Crippen MR) is 96.8 cm³/mol. The van der Waals surface area contributed by atoms with Gasteiger partial charge in [-0.3, -0.25) is 4.79 Å². The van der Waals surface area contributed by atoms with Gasteiger partial charge in [0, 0.05) is 12.0 Å². The minimum Gasteiger partial charge on any atom is -0.478 e. The smallest absolute Gasteiger partial charge is 0.335 e. The van der Waals surface area contributed by atoms with E-state index in [0.717, 1.165) is 37.1 Å². The Morgan fingerprint density at radius 2 is 1.73 bits per heavy atom. The molecule has 6 nitrogen and oxygen atoms in total. The zero-order chi connectivity index (χ0) is 18.1. The summed E-state index contributed by atoms with van der Waals surface area (Å²) in [5.74, 6) is -0.636. The van der Waals surface area contributed by atoms with Gasteiger partial charge in [0.1, 0.15) is 0 Å². The summed E-state index contributed by atoms with van der Waals surface area (Å²) in [5.41, 5.74) is 2.62. The molecular formula is C20H23N3O3. The molecule has 1 amide bonds. The Balaban J connectivity index is 1.60. The predicted octanol–water partition coefficient (Wildman–Crippen LogP) is 3.51. The van der Waals surface area contributed by atoms with Crippen LogP contribution in [-0.4, -0.2) is 32.8 Å². The zero-order valence-electron chi connectivity index (χ0n) is 14.6. The first-order valence-electron chi connectivity index (χ1n) is 9.36. The van der Waals surface area contributed by atoms with Gasteiger partial charge in [-0.05, 0) is 49.9 Å². The number of carbonyl (C=O) groups excluding carboxylic acids is 1. The monoisotopic (exact) mass is 353 g/mol. The first kappa shape index (κ1) is 16.8. The second-order valence-corrected chi connectivity index (χ2v) is 7.29. The van der Waals surface area contributed by atoms with Crippen LogP contribution in [0.2, 0.25) is 0 Å². The van der Waals surface area contributed by atoms with Crippen LogP contribution in [0.15, 0.2) is 30.5 Å². The summed E-state index contributed by atoms with van der Waals surface area (Å²) in [6.07, 6.45) is 9.47. The summed E-state index contributed by atoms with van der Waals surface area (Å²) in [7, 11) is 0.